The van der Waals surface area contributed by atoms with Gasteiger partial charge in [-0.1, -0.05) is 6.07 Å². The van der Waals surface area contributed by atoms with Crippen LogP contribution in [0.3, 0.4) is 0 Å². The predicted octanol–water partition coefficient (Wildman–Crippen LogP) is 2.12. The number of nitrogens with zero attached hydrogens (tertiary/aromatic N) is 2. The standard InChI is InChI=1S/C18H21N3O3/c1-21(18(23)10-5-14-4-3-11-19-12-14)13-17(22)20-15-6-8-16(24-2)9-7-15/h3-4,6-9,11-12H,5,10,13H2,1-2H3,(H,20,22). The minimum absolute atomic E-state index is 0.0118. The van der Waals surface area contributed by atoms with Gasteiger partial charge in [0.1, 0.15) is 5.75 Å². The lowest BCUT2D eigenvalue weighted by Crippen LogP contribution is -2.35. The number of rotatable bonds is 7. The van der Waals surface area contributed by atoms with Gasteiger partial charge in [0.25, 0.3) is 0 Å². The average Bonchev–Trinajstić information content (AvgIpc) is 2.61. The Morgan fingerprint density at radius 1 is 1.21 bits per heavy atom. The summed E-state index contributed by atoms with van der Waals surface area (Å²) in [6.45, 7) is 0.0118. The number of carbonyl (C=O) groups is 2. The number of aryl methyl sites for hydroxylation is 1. The number of benzene rings is 1. The number of hydrogen-bond donors (Lipinski definition) is 1. The van der Waals surface area contributed by atoms with E-state index in [1.54, 1.807) is 50.8 Å². The molecule has 1 aromatic heterocycles. The number of pyridine rings is 1. The molecule has 2 amide bonds. The summed E-state index contributed by atoms with van der Waals surface area (Å²) in [4.78, 5) is 29.5. The molecule has 2 rings (SSSR count). The zero-order chi connectivity index (χ0) is 17.4. The number of ether oxygens (including phenoxy) is 1. The SMILES string of the molecule is COc1ccc(NC(=O)CN(C)C(=O)CCc2cccnc2)cc1. The molecule has 2 aromatic rings. The zero-order valence-corrected chi connectivity index (χ0v) is 13.9. The first-order chi connectivity index (χ1) is 11.6. The van der Waals surface area contributed by atoms with E-state index in [-0.39, 0.29) is 18.4 Å². The van der Waals surface area contributed by atoms with Gasteiger partial charge in [0.15, 0.2) is 0 Å². The Morgan fingerprint density at radius 3 is 2.58 bits per heavy atom. The maximum atomic E-state index is 12.1. The van der Waals surface area contributed by atoms with Crippen molar-refractivity contribution in [1.82, 2.24) is 9.88 Å². The molecule has 0 saturated carbocycles. The molecule has 0 saturated heterocycles. The summed E-state index contributed by atoms with van der Waals surface area (Å²) in [6, 6.07) is 10.8. The fraction of sp³-hybridized carbons (Fsp3) is 0.278. The summed E-state index contributed by atoms with van der Waals surface area (Å²) in [5, 5.41) is 2.75. The Kier molecular flexibility index (Phi) is 6.31. The summed E-state index contributed by atoms with van der Waals surface area (Å²) in [7, 11) is 3.21. The summed E-state index contributed by atoms with van der Waals surface area (Å²) in [5.41, 5.74) is 1.67. The maximum absolute atomic E-state index is 12.1. The van der Waals surface area contributed by atoms with Gasteiger partial charge in [-0.15, -0.1) is 0 Å². The molecule has 126 valence electrons. The van der Waals surface area contributed by atoms with Crippen molar-refractivity contribution in [3.63, 3.8) is 0 Å². The van der Waals surface area contributed by atoms with Crippen LogP contribution in [0, 0.1) is 0 Å². The first-order valence-corrected chi connectivity index (χ1v) is 7.65. The van der Waals surface area contributed by atoms with Crippen LogP contribution >= 0.6 is 0 Å². The van der Waals surface area contributed by atoms with Crippen molar-refractivity contribution < 1.29 is 14.3 Å². The molecule has 1 aromatic carbocycles. The Hall–Kier alpha value is -2.89. The average molecular weight is 327 g/mol. The van der Waals surface area contributed by atoms with Crippen LogP contribution in [0.5, 0.6) is 5.75 Å². The van der Waals surface area contributed by atoms with Crippen LogP contribution in [0.4, 0.5) is 5.69 Å². The third-order valence-electron chi connectivity index (χ3n) is 3.53. The number of amides is 2. The van der Waals surface area contributed by atoms with Gasteiger partial charge >= 0.3 is 0 Å². The minimum Gasteiger partial charge on any atom is -0.497 e. The largest absolute Gasteiger partial charge is 0.497 e. The second-order valence-corrected chi connectivity index (χ2v) is 5.39. The number of aromatic nitrogens is 1. The van der Waals surface area contributed by atoms with Crippen LogP contribution in [0.2, 0.25) is 0 Å². The van der Waals surface area contributed by atoms with E-state index in [1.807, 2.05) is 12.1 Å². The van der Waals surface area contributed by atoms with E-state index >= 15 is 0 Å². The Morgan fingerprint density at radius 2 is 1.96 bits per heavy atom. The first kappa shape index (κ1) is 17.5. The highest BCUT2D eigenvalue weighted by Gasteiger charge is 2.13. The molecule has 1 N–H and O–H groups in total. The molecule has 24 heavy (non-hydrogen) atoms. The van der Waals surface area contributed by atoms with Gasteiger partial charge in [0.05, 0.1) is 13.7 Å². The van der Waals surface area contributed by atoms with Gasteiger partial charge < -0.3 is 15.0 Å². The molecule has 0 spiro atoms. The van der Waals surface area contributed by atoms with Gasteiger partial charge in [0.2, 0.25) is 11.8 Å². The predicted molar refractivity (Wildman–Crippen MR) is 91.8 cm³/mol. The van der Waals surface area contributed by atoms with Crippen molar-refractivity contribution in [2.45, 2.75) is 12.8 Å². The van der Waals surface area contributed by atoms with Crippen molar-refractivity contribution in [2.24, 2.45) is 0 Å². The molecule has 1 heterocycles. The van der Waals surface area contributed by atoms with Crippen molar-refractivity contribution in [2.75, 3.05) is 26.0 Å². The van der Waals surface area contributed by atoms with Gasteiger partial charge in [0, 0.05) is 31.5 Å². The molecular formula is C18H21N3O3. The molecule has 0 radical (unpaired) electrons. The van der Waals surface area contributed by atoms with E-state index in [0.29, 0.717) is 18.5 Å². The van der Waals surface area contributed by atoms with Crippen LogP contribution in [0.1, 0.15) is 12.0 Å². The van der Waals surface area contributed by atoms with Crippen LogP contribution < -0.4 is 10.1 Å². The van der Waals surface area contributed by atoms with Crippen LogP contribution in [-0.4, -0.2) is 42.4 Å². The van der Waals surface area contributed by atoms with Gasteiger partial charge in [-0.2, -0.15) is 0 Å². The minimum atomic E-state index is -0.239. The van der Waals surface area contributed by atoms with Crippen molar-refractivity contribution >= 4 is 17.5 Å². The summed E-state index contributed by atoms with van der Waals surface area (Å²) >= 11 is 0. The van der Waals surface area contributed by atoms with Crippen molar-refractivity contribution in [3.8, 4) is 5.75 Å². The lowest BCUT2D eigenvalue weighted by atomic mass is 10.1. The fourth-order valence-corrected chi connectivity index (χ4v) is 2.17. The van der Waals surface area contributed by atoms with Gasteiger partial charge in [-0.3, -0.25) is 14.6 Å². The number of carbonyl (C=O) groups excluding carboxylic acids is 2. The Balaban J connectivity index is 1.78. The summed E-state index contributed by atoms with van der Waals surface area (Å²) < 4.78 is 5.06. The molecular weight excluding hydrogens is 306 g/mol. The van der Waals surface area contributed by atoms with Crippen LogP contribution in [0.25, 0.3) is 0 Å². The molecule has 0 unspecified atom stereocenters. The van der Waals surface area contributed by atoms with E-state index in [9.17, 15) is 9.59 Å². The zero-order valence-electron chi connectivity index (χ0n) is 13.9. The molecule has 0 aliphatic heterocycles. The number of hydrogen-bond acceptors (Lipinski definition) is 4. The maximum Gasteiger partial charge on any atom is 0.243 e. The van der Waals surface area contributed by atoms with E-state index in [2.05, 4.69) is 10.3 Å². The lowest BCUT2D eigenvalue weighted by molar-refractivity contribution is -0.133. The molecule has 0 bridgehead atoms. The number of methoxy groups -OCH3 is 1. The lowest BCUT2D eigenvalue weighted by Gasteiger charge is -2.17. The summed E-state index contributed by atoms with van der Waals surface area (Å²) in [5.74, 6) is 0.400. The van der Waals surface area contributed by atoms with E-state index in [1.165, 1.54) is 4.90 Å². The van der Waals surface area contributed by atoms with Gasteiger partial charge in [-0.05, 0) is 42.3 Å². The van der Waals surface area contributed by atoms with E-state index in [0.717, 1.165) is 11.3 Å². The third kappa shape index (κ3) is 5.39. The topological polar surface area (TPSA) is 71.5 Å². The normalized spacial score (nSPS) is 10.1. The van der Waals surface area contributed by atoms with Crippen molar-refractivity contribution in [3.05, 3.63) is 54.4 Å². The van der Waals surface area contributed by atoms with E-state index < -0.39 is 0 Å². The number of anilines is 1. The molecule has 0 aliphatic rings. The Bertz CT molecular complexity index is 672. The fourth-order valence-electron chi connectivity index (χ4n) is 2.17. The molecule has 0 atom stereocenters. The number of nitrogens with one attached hydrogen (secondary N) is 1. The second kappa shape index (κ2) is 8.67. The van der Waals surface area contributed by atoms with Crippen LogP contribution in [0.15, 0.2) is 48.8 Å². The summed E-state index contributed by atoms with van der Waals surface area (Å²) in [6.07, 6.45) is 4.39. The molecule has 6 heteroatoms. The van der Waals surface area contributed by atoms with Crippen LogP contribution in [-0.2, 0) is 16.0 Å². The van der Waals surface area contributed by atoms with E-state index in [4.69, 9.17) is 4.74 Å². The highest BCUT2D eigenvalue weighted by Crippen LogP contribution is 2.14. The number of likely N-dealkylation sites (N-methyl/N-ethyl adjacent to an activating group) is 1. The first-order valence-electron chi connectivity index (χ1n) is 7.65. The second-order valence-electron chi connectivity index (χ2n) is 5.39. The highest BCUT2D eigenvalue weighted by atomic mass is 16.5. The van der Waals surface area contributed by atoms with Gasteiger partial charge in [-0.25, -0.2) is 0 Å². The molecule has 0 aliphatic carbocycles. The molecule has 6 nitrogen and oxygen atoms in total. The Labute approximate surface area is 141 Å². The molecule has 0 fully saturated rings. The van der Waals surface area contributed by atoms with Crippen molar-refractivity contribution in [1.29, 1.82) is 0 Å². The third-order valence-corrected chi connectivity index (χ3v) is 3.53. The quantitative estimate of drug-likeness (QED) is 0.845. The smallest absolute Gasteiger partial charge is 0.243 e. The highest BCUT2D eigenvalue weighted by molar-refractivity contribution is 5.94. The monoisotopic (exact) mass is 327 g/mol.